The minimum atomic E-state index is -0.0628. The number of nitrogens with zero attached hydrogens (tertiary/aromatic N) is 1. The molecule has 0 radical (unpaired) electrons. The highest BCUT2D eigenvalue weighted by molar-refractivity contribution is 5.42. The van der Waals surface area contributed by atoms with Crippen LogP contribution >= 0.6 is 0 Å². The molecule has 2 nitrogen and oxygen atoms in total. The third kappa shape index (κ3) is 1.14. The zero-order valence-electron chi connectivity index (χ0n) is 6.96. The summed E-state index contributed by atoms with van der Waals surface area (Å²) in [6.45, 7) is 3.64. The molecule has 1 aliphatic carbocycles. The Morgan fingerprint density at radius 3 is 2.67 bits per heavy atom. The Balaban J connectivity index is 2.30. The van der Waals surface area contributed by atoms with Crippen LogP contribution in [-0.4, -0.2) is 4.98 Å². The van der Waals surface area contributed by atoms with E-state index in [1.807, 2.05) is 18.3 Å². The Kier molecular flexibility index (Phi) is 1.51. The molecule has 2 heteroatoms. The summed E-state index contributed by atoms with van der Waals surface area (Å²) in [6, 6.07) is 3.99. The molecule has 1 fully saturated rings. The van der Waals surface area contributed by atoms with Gasteiger partial charge in [-0.3, -0.25) is 4.98 Å². The van der Waals surface area contributed by atoms with Gasteiger partial charge in [0.2, 0.25) is 0 Å². The van der Waals surface area contributed by atoms with Gasteiger partial charge in [-0.1, -0.05) is 12.6 Å². The van der Waals surface area contributed by atoms with Crippen molar-refractivity contribution >= 4 is 6.08 Å². The van der Waals surface area contributed by atoms with Gasteiger partial charge in [0, 0.05) is 11.7 Å². The Morgan fingerprint density at radius 2 is 2.25 bits per heavy atom. The van der Waals surface area contributed by atoms with E-state index in [4.69, 9.17) is 5.73 Å². The minimum Gasteiger partial charge on any atom is -0.321 e. The van der Waals surface area contributed by atoms with Gasteiger partial charge in [-0.2, -0.15) is 0 Å². The van der Waals surface area contributed by atoms with E-state index >= 15 is 0 Å². The van der Waals surface area contributed by atoms with Gasteiger partial charge in [0.05, 0.1) is 5.69 Å². The lowest BCUT2D eigenvalue weighted by molar-refractivity contribution is 0.735. The summed E-state index contributed by atoms with van der Waals surface area (Å²) >= 11 is 0. The standard InChI is InChI=1S/C10H12N2/c1-2-9-4-3-8(7-12-9)10(11)5-6-10/h2-4,7H,1,5-6,11H2. The number of hydrogen-bond donors (Lipinski definition) is 1. The van der Waals surface area contributed by atoms with Crippen molar-refractivity contribution in [3.05, 3.63) is 36.2 Å². The molecule has 0 unspecified atom stereocenters. The van der Waals surface area contributed by atoms with Crippen molar-refractivity contribution in [3.8, 4) is 0 Å². The molecule has 0 spiro atoms. The summed E-state index contributed by atoms with van der Waals surface area (Å²) in [7, 11) is 0. The largest absolute Gasteiger partial charge is 0.321 e. The fourth-order valence-electron chi connectivity index (χ4n) is 1.24. The lowest BCUT2D eigenvalue weighted by atomic mass is 10.1. The van der Waals surface area contributed by atoms with Crippen molar-refractivity contribution in [2.45, 2.75) is 18.4 Å². The number of pyridine rings is 1. The molecule has 0 aromatic carbocycles. The molecule has 0 saturated heterocycles. The molecule has 1 aromatic rings. The van der Waals surface area contributed by atoms with Gasteiger partial charge in [-0.15, -0.1) is 0 Å². The molecule has 2 rings (SSSR count). The average molecular weight is 160 g/mol. The summed E-state index contributed by atoms with van der Waals surface area (Å²) in [5.41, 5.74) is 7.98. The monoisotopic (exact) mass is 160 g/mol. The first-order valence-corrected chi connectivity index (χ1v) is 4.12. The Labute approximate surface area is 72.1 Å². The second-order valence-electron chi connectivity index (χ2n) is 3.33. The van der Waals surface area contributed by atoms with Gasteiger partial charge in [-0.25, -0.2) is 0 Å². The molecule has 2 N–H and O–H groups in total. The molecule has 12 heavy (non-hydrogen) atoms. The van der Waals surface area contributed by atoms with Crippen LogP contribution in [0.2, 0.25) is 0 Å². The lowest BCUT2D eigenvalue weighted by Gasteiger charge is -2.07. The maximum atomic E-state index is 5.99. The van der Waals surface area contributed by atoms with E-state index in [-0.39, 0.29) is 5.54 Å². The highest BCUT2D eigenvalue weighted by Crippen LogP contribution is 2.42. The minimum absolute atomic E-state index is 0.0628. The quantitative estimate of drug-likeness (QED) is 0.714. The zero-order chi connectivity index (χ0) is 8.60. The van der Waals surface area contributed by atoms with Crippen molar-refractivity contribution in [3.63, 3.8) is 0 Å². The van der Waals surface area contributed by atoms with E-state index in [9.17, 15) is 0 Å². The first-order chi connectivity index (χ1) is 5.74. The van der Waals surface area contributed by atoms with Crippen LogP contribution in [-0.2, 0) is 5.54 Å². The van der Waals surface area contributed by atoms with Crippen molar-refractivity contribution in [2.75, 3.05) is 0 Å². The molecular formula is C10H12N2. The van der Waals surface area contributed by atoms with Gasteiger partial charge in [0.15, 0.2) is 0 Å². The van der Waals surface area contributed by atoms with Crippen LogP contribution in [0.3, 0.4) is 0 Å². The molecule has 0 amide bonds. The number of rotatable bonds is 2. The predicted molar refractivity (Wildman–Crippen MR) is 49.4 cm³/mol. The zero-order valence-corrected chi connectivity index (χ0v) is 6.96. The molecular weight excluding hydrogens is 148 g/mol. The Hall–Kier alpha value is -1.15. The number of hydrogen-bond acceptors (Lipinski definition) is 2. The van der Waals surface area contributed by atoms with Crippen molar-refractivity contribution in [1.29, 1.82) is 0 Å². The molecule has 0 atom stereocenters. The number of aromatic nitrogens is 1. The summed E-state index contributed by atoms with van der Waals surface area (Å²) in [4.78, 5) is 4.21. The smallest absolute Gasteiger partial charge is 0.0623 e. The van der Waals surface area contributed by atoms with Crippen LogP contribution in [0.1, 0.15) is 24.1 Å². The van der Waals surface area contributed by atoms with Crippen LogP contribution < -0.4 is 5.73 Å². The SMILES string of the molecule is C=Cc1ccc(C2(N)CC2)cn1. The third-order valence-electron chi connectivity index (χ3n) is 2.36. The topological polar surface area (TPSA) is 38.9 Å². The van der Waals surface area contributed by atoms with Crippen molar-refractivity contribution < 1.29 is 0 Å². The summed E-state index contributed by atoms with van der Waals surface area (Å²) in [5, 5.41) is 0. The van der Waals surface area contributed by atoms with E-state index in [0.717, 1.165) is 24.1 Å². The average Bonchev–Trinajstić information content (AvgIpc) is 2.85. The van der Waals surface area contributed by atoms with E-state index in [1.165, 1.54) is 0 Å². The number of nitrogens with two attached hydrogens (primary N) is 1. The van der Waals surface area contributed by atoms with Gasteiger partial charge in [0.25, 0.3) is 0 Å². The maximum Gasteiger partial charge on any atom is 0.0623 e. The first-order valence-electron chi connectivity index (χ1n) is 4.12. The van der Waals surface area contributed by atoms with Crippen LogP contribution in [0.15, 0.2) is 24.9 Å². The van der Waals surface area contributed by atoms with E-state index in [0.29, 0.717) is 0 Å². The summed E-state index contributed by atoms with van der Waals surface area (Å²) < 4.78 is 0. The predicted octanol–water partition coefficient (Wildman–Crippen LogP) is 1.67. The Morgan fingerprint density at radius 1 is 1.50 bits per heavy atom. The Bertz CT molecular complexity index is 296. The molecule has 1 saturated carbocycles. The molecule has 1 aliphatic rings. The first kappa shape index (κ1) is 7.50. The highest BCUT2D eigenvalue weighted by atomic mass is 14.8. The van der Waals surface area contributed by atoms with Crippen molar-refractivity contribution in [2.24, 2.45) is 5.73 Å². The second kappa shape index (κ2) is 2.42. The van der Waals surface area contributed by atoms with Crippen LogP contribution in [0.5, 0.6) is 0 Å². The van der Waals surface area contributed by atoms with E-state index in [1.54, 1.807) is 6.08 Å². The van der Waals surface area contributed by atoms with Crippen LogP contribution in [0, 0.1) is 0 Å². The molecule has 1 aromatic heterocycles. The molecule has 0 bridgehead atoms. The van der Waals surface area contributed by atoms with Gasteiger partial charge >= 0.3 is 0 Å². The molecule has 1 heterocycles. The maximum absolute atomic E-state index is 5.99. The van der Waals surface area contributed by atoms with Gasteiger partial charge < -0.3 is 5.73 Å². The normalized spacial score (nSPS) is 18.8. The van der Waals surface area contributed by atoms with Crippen molar-refractivity contribution in [1.82, 2.24) is 4.98 Å². The van der Waals surface area contributed by atoms with E-state index in [2.05, 4.69) is 11.6 Å². The van der Waals surface area contributed by atoms with Crippen LogP contribution in [0.25, 0.3) is 6.08 Å². The highest BCUT2D eigenvalue weighted by Gasteiger charge is 2.39. The molecule has 0 aliphatic heterocycles. The van der Waals surface area contributed by atoms with E-state index < -0.39 is 0 Å². The summed E-state index contributed by atoms with van der Waals surface area (Å²) in [5.74, 6) is 0. The fourth-order valence-corrected chi connectivity index (χ4v) is 1.24. The summed E-state index contributed by atoms with van der Waals surface area (Å²) in [6.07, 6.45) is 5.76. The lowest BCUT2D eigenvalue weighted by Crippen LogP contribution is -2.18. The third-order valence-corrected chi connectivity index (χ3v) is 2.36. The van der Waals surface area contributed by atoms with Gasteiger partial charge in [-0.05, 0) is 30.5 Å². The second-order valence-corrected chi connectivity index (χ2v) is 3.33. The molecule has 62 valence electrons. The van der Waals surface area contributed by atoms with Gasteiger partial charge in [0.1, 0.15) is 0 Å². The fraction of sp³-hybridized carbons (Fsp3) is 0.300. The van der Waals surface area contributed by atoms with Crippen LogP contribution in [0.4, 0.5) is 0 Å².